The van der Waals surface area contributed by atoms with E-state index in [2.05, 4.69) is 57.0 Å². The Morgan fingerprint density at radius 3 is 2.41 bits per heavy atom. The number of benzene rings is 1. The lowest BCUT2D eigenvalue weighted by Crippen LogP contribution is -2.31. The summed E-state index contributed by atoms with van der Waals surface area (Å²) in [5, 5.41) is 9.19. The van der Waals surface area contributed by atoms with Crippen molar-refractivity contribution in [1.29, 1.82) is 5.26 Å². The number of hydrogen-bond acceptors (Lipinski definition) is 5. The minimum absolute atomic E-state index is 0.409. The molecule has 2 heterocycles. The van der Waals surface area contributed by atoms with Crippen LogP contribution < -0.4 is 9.80 Å². The lowest BCUT2D eigenvalue weighted by molar-refractivity contribution is 0.793. The van der Waals surface area contributed by atoms with E-state index in [-0.39, 0.29) is 0 Å². The average Bonchev–Trinajstić information content (AvgIpc) is 2.81. The van der Waals surface area contributed by atoms with Crippen molar-refractivity contribution in [2.75, 3.05) is 36.0 Å². The second-order valence-electron chi connectivity index (χ2n) is 5.50. The summed E-state index contributed by atoms with van der Waals surface area (Å²) in [4.78, 5) is 13.0. The van der Waals surface area contributed by atoms with Gasteiger partial charge in [0.15, 0.2) is 11.5 Å². The molecule has 1 aliphatic rings. The van der Waals surface area contributed by atoms with Crippen LogP contribution in [0.2, 0.25) is 0 Å². The first-order chi connectivity index (χ1) is 10.8. The van der Waals surface area contributed by atoms with E-state index in [1.54, 1.807) is 12.4 Å². The SMILES string of the molecule is Cc1ccc(N2CCCN(c3nccnc3C#N)CC2)cc1. The van der Waals surface area contributed by atoms with Crippen LogP contribution in [-0.4, -0.2) is 36.1 Å². The Labute approximate surface area is 130 Å². The first-order valence-electron chi connectivity index (χ1n) is 7.55. The molecular weight excluding hydrogens is 274 g/mol. The molecule has 0 radical (unpaired) electrons. The van der Waals surface area contributed by atoms with Crippen LogP contribution in [0.5, 0.6) is 0 Å². The van der Waals surface area contributed by atoms with Crippen molar-refractivity contribution in [3.63, 3.8) is 0 Å². The molecule has 0 spiro atoms. The molecule has 5 heteroatoms. The van der Waals surface area contributed by atoms with Crippen molar-refractivity contribution in [1.82, 2.24) is 9.97 Å². The molecule has 1 fully saturated rings. The molecule has 3 rings (SSSR count). The summed E-state index contributed by atoms with van der Waals surface area (Å²) in [6.45, 7) is 5.79. The van der Waals surface area contributed by atoms with E-state index in [0.717, 1.165) is 32.6 Å². The monoisotopic (exact) mass is 293 g/mol. The van der Waals surface area contributed by atoms with Crippen LogP contribution in [0.25, 0.3) is 0 Å². The van der Waals surface area contributed by atoms with Crippen molar-refractivity contribution in [3.05, 3.63) is 47.9 Å². The van der Waals surface area contributed by atoms with Crippen LogP contribution in [-0.2, 0) is 0 Å². The summed E-state index contributed by atoms with van der Waals surface area (Å²) in [5.74, 6) is 0.704. The number of rotatable bonds is 2. The molecule has 112 valence electrons. The third-order valence-corrected chi connectivity index (χ3v) is 3.98. The Balaban J connectivity index is 1.75. The third kappa shape index (κ3) is 3.01. The molecule has 1 saturated heterocycles. The molecule has 1 aromatic heterocycles. The molecule has 0 aliphatic carbocycles. The van der Waals surface area contributed by atoms with Crippen LogP contribution >= 0.6 is 0 Å². The highest BCUT2D eigenvalue weighted by atomic mass is 15.3. The molecule has 1 aromatic carbocycles. The largest absolute Gasteiger partial charge is 0.370 e. The molecule has 0 atom stereocenters. The first-order valence-corrected chi connectivity index (χ1v) is 7.55. The predicted octanol–water partition coefficient (Wildman–Crippen LogP) is 2.37. The van der Waals surface area contributed by atoms with Crippen LogP contribution in [0.4, 0.5) is 11.5 Å². The summed E-state index contributed by atoms with van der Waals surface area (Å²) in [6, 6.07) is 10.8. The average molecular weight is 293 g/mol. The van der Waals surface area contributed by atoms with E-state index in [4.69, 9.17) is 0 Å². The van der Waals surface area contributed by atoms with E-state index in [9.17, 15) is 5.26 Å². The van der Waals surface area contributed by atoms with Gasteiger partial charge in [-0.05, 0) is 25.5 Å². The van der Waals surface area contributed by atoms with Gasteiger partial charge in [-0.1, -0.05) is 17.7 Å². The van der Waals surface area contributed by atoms with Crippen molar-refractivity contribution >= 4 is 11.5 Å². The van der Waals surface area contributed by atoms with Gasteiger partial charge in [0, 0.05) is 44.3 Å². The summed E-state index contributed by atoms with van der Waals surface area (Å²) in [5.41, 5.74) is 2.94. The van der Waals surface area contributed by atoms with Gasteiger partial charge in [0.1, 0.15) is 6.07 Å². The smallest absolute Gasteiger partial charge is 0.183 e. The van der Waals surface area contributed by atoms with Gasteiger partial charge in [-0.25, -0.2) is 9.97 Å². The second-order valence-corrected chi connectivity index (χ2v) is 5.50. The predicted molar refractivity (Wildman–Crippen MR) is 87.0 cm³/mol. The summed E-state index contributed by atoms with van der Waals surface area (Å²) in [7, 11) is 0. The van der Waals surface area contributed by atoms with Gasteiger partial charge in [-0.3, -0.25) is 0 Å². The van der Waals surface area contributed by atoms with Gasteiger partial charge < -0.3 is 9.80 Å². The maximum absolute atomic E-state index is 9.19. The molecule has 2 aromatic rings. The van der Waals surface area contributed by atoms with Gasteiger partial charge in [0.25, 0.3) is 0 Å². The Bertz CT molecular complexity index is 674. The lowest BCUT2D eigenvalue weighted by Gasteiger charge is -2.24. The topological polar surface area (TPSA) is 56.1 Å². The fraction of sp³-hybridized carbons (Fsp3) is 0.353. The molecular formula is C17H19N5. The third-order valence-electron chi connectivity index (χ3n) is 3.98. The highest BCUT2D eigenvalue weighted by molar-refractivity contribution is 5.52. The molecule has 22 heavy (non-hydrogen) atoms. The van der Waals surface area contributed by atoms with E-state index in [0.29, 0.717) is 11.5 Å². The Hall–Kier alpha value is -2.61. The number of nitrogens with zero attached hydrogens (tertiary/aromatic N) is 5. The van der Waals surface area contributed by atoms with Gasteiger partial charge in [-0.2, -0.15) is 5.26 Å². The molecule has 0 bridgehead atoms. The van der Waals surface area contributed by atoms with Crippen molar-refractivity contribution < 1.29 is 0 Å². The van der Waals surface area contributed by atoms with Crippen LogP contribution in [0.15, 0.2) is 36.7 Å². The Kier molecular flexibility index (Phi) is 4.19. The van der Waals surface area contributed by atoms with Crippen molar-refractivity contribution in [3.8, 4) is 6.07 Å². The van der Waals surface area contributed by atoms with Crippen molar-refractivity contribution in [2.45, 2.75) is 13.3 Å². The molecule has 1 aliphatic heterocycles. The van der Waals surface area contributed by atoms with Crippen LogP contribution in [0.1, 0.15) is 17.7 Å². The zero-order valence-corrected chi connectivity index (χ0v) is 12.7. The highest BCUT2D eigenvalue weighted by Crippen LogP contribution is 2.20. The Morgan fingerprint density at radius 1 is 0.955 bits per heavy atom. The van der Waals surface area contributed by atoms with E-state index in [1.165, 1.54) is 11.3 Å². The van der Waals surface area contributed by atoms with Gasteiger partial charge >= 0.3 is 0 Å². The first kappa shape index (κ1) is 14.3. The number of aryl methyl sites for hydroxylation is 1. The zero-order chi connectivity index (χ0) is 15.4. The number of aromatic nitrogens is 2. The maximum Gasteiger partial charge on any atom is 0.183 e. The quantitative estimate of drug-likeness (QED) is 0.851. The fourth-order valence-corrected chi connectivity index (χ4v) is 2.78. The zero-order valence-electron chi connectivity index (χ0n) is 12.7. The van der Waals surface area contributed by atoms with E-state index >= 15 is 0 Å². The number of nitriles is 1. The molecule has 0 unspecified atom stereocenters. The summed E-state index contributed by atoms with van der Waals surface area (Å²) in [6.07, 6.45) is 4.26. The summed E-state index contributed by atoms with van der Waals surface area (Å²) >= 11 is 0. The molecule has 0 saturated carbocycles. The molecule has 5 nitrogen and oxygen atoms in total. The minimum Gasteiger partial charge on any atom is -0.370 e. The highest BCUT2D eigenvalue weighted by Gasteiger charge is 2.19. The second kappa shape index (κ2) is 6.44. The molecule has 0 amide bonds. The number of hydrogen-bond donors (Lipinski definition) is 0. The van der Waals surface area contributed by atoms with E-state index < -0.39 is 0 Å². The van der Waals surface area contributed by atoms with E-state index in [1.807, 2.05) is 0 Å². The van der Waals surface area contributed by atoms with Gasteiger partial charge in [0.2, 0.25) is 0 Å². The van der Waals surface area contributed by atoms with Crippen molar-refractivity contribution in [2.24, 2.45) is 0 Å². The molecule has 0 N–H and O–H groups in total. The Morgan fingerprint density at radius 2 is 1.64 bits per heavy atom. The summed E-state index contributed by atoms with van der Waals surface area (Å²) < 4.78 is 0. The maximum atomic E-state index is 9.19. The standard InChI is InChI=1S/C17H19N5/c1-14-3-5-15(6-4-14)21-9-2-10-22(12-11-21)17-16(13-18)19-7-8-20-17/h3-8H,2,9-12H2,1H3. The fourth-order valence-electron chi connectivity index (χ4n) is 2.78. The van der Waals surface area contributed by atoms with Gasteiger partial charge in [-0.15, -0.1) is 0 Å². The lowest BCUT2D eigenvalue weighted by atomic mass is 10.2. The van der Waals surface area contributed by atoms with Crippen LogP contribution in [0.3, 0.4) is 0 Å². The number of anilines is 2. The normalized spacial score (nSPS) is 15.3. The minimum atomic E-state index is 0.409. The van der Waals surface area contributed by atoms with Gasteiger partial charge in [0.05, 0.1) is 0 Å². The van der Waals surface area contributed by atoms with Crippen LogP contribution in [0, 0.1) is 18.3 Å².